The van der Waals surface area contributed by atoms with Gasteiger partial charge in [0.25, 0.3) is 0 Å². The van der Waals surface area contributed by atoms with Crippen molar-refractivity contribution < 1.29 is 23.5 Å². The summed E-state index contributed by atoms with van der Waals surface area (Å²) in [6.45, 7) is 11.0. The fourth-order valence-electron chi connectivity index (χ4n) is 3.56. The molecule has 1 aliphatic rings. The van der Waals surface area contributed by atoms with Gasteiger partial charge in [-0.25, -0.2) is 4.79 Å². The predicted octanol–water partition coefficient (Wildman–Crippen LogP) is 6.12. The van der Waals surface area contributed by atoms with Crippen LogP contribution in [-0.4, -0.2) is 34.4 Å². The molecule has 2 heterocycles. The van der Waals surface area contributed by atoms with E-state index in [0.717, 1.165) is 16.7 Å². The minimum absolute atomic E-state index is 0.00275. The lowest BCUT2D eigenvalue weighted by Crippen LogP contribution is -2.41. The van der Waals surface area contributed by atoms with E-state index in [2.05, 4.69) is 4.98 Å². The zero-order valence-electron chi connectivity index (χ0n) is 19.0. The van der Waals surface area contributed by atoms with Gasteiger partial charge in [0.05, 0.1) is 0 Å². The number of ether oxygens (including phenoxy) is 3. The van der Waals surface area contributed by atoms with Crippen molar-refractivity contribution in [1.29, 1.82) is 0 Å². The molecule has 1 aromatic heterocycles. The average molecular weight is 431 g/mol. The van der Waals surface area contributed by atoms with E-state index in [1.807, 2.05) is 45.2 Å². The number of nitrogens with zero attached hydrogens (tertiary/aromatic N) is 2. The lowest BCUT2D eigenvalue weighted by molar-refractivity contribution is -0.0643. The Balaban J connectivity index is 1.74. The second kappa shape index (κ2) is 9.12. The number of aromatic nitrogens is 1. The summed E-state index contributed by atoms with van der Waals surface area (Å²) in [6.07, 6.45) is 2.88. The molecule has 1 aliphatic heterocycles. The molecule has 2 atom stereocenters. The minimum Gasteiger partial charge on any atom is -0.491 e. The number of amides is 1. The van der Waals surface area contributed by atoms with Crippen LogP contribution in [0.1, 0.15) is 59.6 Å². The molecular weight excluding hydrogens is 399 g/mol. The maximum atomic E-state index is 14.8. The van der Waals surface area contributed by atoms with Crippen molar-refractivity contribution in [2.75, 3.05) is 6.61 Å². The summed E-state index contributed by atoms with van der Waals surface area (Å²) in [6, 6.07) is 6.75. The Kier molecular flexibility index (Phi) is 6.72. The van der Waals surface area contributed by atoms with Crippen LogP contribution in [0.4, 0.5) is 9.28 Å². The van der Waals surface area contributed by atoms with Crippen molar-refractivity contribution in [2.45, 2.75) is 65.7 Å². The molecule has 0 spiro atoms. The molecule has 6 nitrogen and oxygen atoms in total. The number of hydrogen-bond acceptors (Lipinski definition) is 5. The Morgan fingerprint density at radius 3 is 2.68 bits per heavy atom. The first-order valence-corrected chi connectivity index (χ1v) is 10.6. The highest BCUT2D eigenvalue weighted by Crippen LogP contribution is 2.43. The standard InChI is InChI=1S/C24H31FN2O4/c1-15(2)11-17(27(25)23(28)31-24(4,5)6)14-29-18-7-8-20-19-9-10-26-13-21(19)16(3)30-22(20)12-18/h7-10,12-13,15-17H,11,14H2,1-6H3. The third-order valence-corrected chi connectivity index (χ3v) is 4.91. The van der Waals surface area contributed by atoms with Crippen molar-refractivity contribution in [3.63, 3.8) is 0 Å². The Morgan fingerprint density at radius 1 is 1.26 bits per heavy atom. The number of pyridine rings is 1. The molecule has 0 aliphatic carbocycles. The fraction of sp³-hybridized carbons (Fsp3) is 0.500. The Morgan fingerprint density at radius 2 is 2.00 bits per heavy atom. The number of halogens is 1. The van der Waals surface area contributed by atoms with Gasteiger partial charge in [-0.15, -0.1) is 5.12 Å². The van der Waals surface area contributed by atoms with Gasteiger partial charge in [0.15, 0.2) is 0 Å². The van der Waals surface area contributed by atoms with Crippen LogP contribution in [0.25, 0.3) is 11.1 Å². The first-order chi connectivity index (χ1) is 14.5. The van der Waals surface area contributed by atoms with Gasteiger partial charge >= 0.3 is 6.09 Å². The molecule has 0 saturated heterocycles. The van der Waals surface area contributed by atoms with Crippen molar-refractivity contribution in [3.05, 3.63) is 42.2 Å². The van der Waals surface area contributed by atoms with E-state index in [1.165, 1.54) is 0 Å². The molecule has 0 radical (unpaired) electrons. The van der Waals surface area contributed by atoms with Gasteiger partial charge in [0, 0.05) is 29.6 Å². The SMILES string of the molecule is CC(C)CC(COc1ccc2c(c1)OC(C)c1cnccc1-2)N(F)C(=O)OC(C)(C)C. The summed E-state index contributed by atoms with van der Waals surface area (Å²) in [5, 5.41) is 0.144. The first-order valence-electron chi connectivity index (χ1n) is 10.6. The number of carbonyl (C=O) groups is 1. The smallest absolute Gasteiger partial charge is 0.439 e. The topological polar surface area (TPSA) is 60.9 Å². The van der Waals surface area contributed by atoms with E-state index >= 15 is 0 Å². The molecule has 0 fully saturated rings. The van der Waals surface area contributed by atoms with Gasteiger partial charge in [-0.05, 0) is 63.8 Å². The van der Waals surface area contributed by atoms with Crippen LogP contribution in [0.2, 0.25) is 0 Å². The second-order valence-corrected chi connectivity index (χ2v) is 9.27. The average Bonchev–Trinajstić information content (AvgIpc) is 2.69. The van der Waals surface area contributed by atoms with Crippen molar-refractivity contribution in [3.8, 4) is 22.6 Å². The zero-order valence-corrected chi connectivity index (χ0v) is 19.0. The van der Waals surface area contributed by atoms with Crippen LogP contribution in [0.15, 0.2) is 36.7 Å². The summed E-state index contributed by atoms with van der Waals surface area (Å²) < 4.78 is 31.9. The molecule has 2 unspecified atom stereocenters. The second-order valence-electron chi connectivity index (χ2n) is 9.27. The highest BCUT2D eigenvalue weighted by Gasteiger charge is 2.30. The van der Waals surface area contributed by atoms with Gasteiger partial charge in [0.2, 0.25) is 0 Å². The van der Waals surface area contributed by atoms with Gasteiger partial charge < -0.3 is 14.2 Å². The third kappa shape index (κ3) is 5.66. The Hall–Kier alpha value is -2.83. The monoisotopic (exact) mass is 430 g/mol. The molecule has 2 aromatic rings. The number of fused-ring (bicyclic) bond motifs is 3. The number of benzene rings is 1. The minimum atomic E-state index is -1.01. The van der Waals surface area contributed by atoms with Crippen LogP contribution >= 0.6 is 0 Å². The van der Waals surface area contributed by atoms with E-state index in [4.69, 9.17) is 14.2 Å². The molecule has 0 bridgehead atoms. The maximum Gasteiger partial charge on any atom is 0.439 e. The van der Waals surface area contributed by atoms with Crippen LogP contribution in [0, 0.1) is 5.92 Å². The molecule has 1 amide bonds. The summed E-state index contributed by atoms with van der Waals surface area (Å²) >= 11 is 0. The van der Waals surface area contributed by atoms with Gasteiger partial charge in [-0.3, -0.25) is 4.98 Å². The third-order valence-electron chi connectivity index (χ3n) is 4.91. The van der Waals surface area contributed by atoms with Gasteiger partial charge in [-0.1, -0.05) is 18.3 Å². The normalized spacial score (nSPS) is 16.1. The van der Waals surface area contributed by atoms with Crippen LogP contribution in [-0.2, 0) is 4.74 Å². The summed E-state index contributed by atoms with van der Waals surface area (Å²) in [5.41, 5.74) is 2.30. The molecule has 0 saturated carbocycles. The fourth-order valence-corrected chi connectivity index (χ4v) is 3.56. The molecular formula is C24H31FN2O4. The number of rotatable bonds is 6. The van der Waals surface area contributed by atoms with Crippen LogP contribution in [0.3, 0.4) is 0 Å². The van der Waals surface area contributed by atoms with E-state index in [-0.39, 0.29) is 23.8 Å². The summed E-state index contributed by atoms with van der Waals surface area (Å²) in [4.78, 5) is 16.4. The van der Waals surface area contributed by atoms with Crippen LogP contribution in [0.5, 0.6) is 11.5 Å². The zero-order chi connectivity index (χ0) is 22.8. The maximum absolute atomic E-state index is 14.8. The lowest BCUT2D eigenvalue weighted by Gasteiger charge is -2.28. The van der Waals surface area contributed by atoms with E-state index in [9.17, 15) is 9.28 Å². The van der Waals surface area contributed by atoms with E-state index < -0.39 is 17.7 Å². The van der Waals surface area contributed by atoms with Crippen molar-refractivity contribution in [1.82, 2.24) is 10.1 Å². The molecule has 3 rings (SSSR count). The highest BCUT2D eigenvalue weighted by atomic mass is 19.2. The van der Waals surface area contributed by atoms with Crippen molar-refractivity contribution in [2.24, 2.45) is 5.92 Å². The quantitative estimate of drug-likeness (QED) is 0.517. The number of carbonyl (C=O) groups excluding carboxylic acids is 1. The Bertz CT molecular complexity index is 926. The van der Waals surface area contributed by atoms with Gasteiger partial charge in [0.1, 0.15) is 35.9 Å². The van der Waals surface area contributed by atoms with E-state index in [1.54, 1.807) is 33.0 Å². The highest BCUT2D eigenvalue weighted by molar-refractivity contribution is 5.76. The molecule has 1 aromatic carbocycles. The molecule has 31 heavy (non-hydrogen) atoms. The predicted molar refractivity (Wildman–Crippen MR) is 117 cm³/mol. The van der Waals surface area contributed by atoms with E-state index in [0.29, 0.717) is 17.9 Å². The number of hydrogen-bond donors (Lipinski definition) is 0. The lowest BCUT2D eigenvalue weighted by atomic mass is 9.95. The Labute approximate surface area is 183 Å². The summed E-state index contributed by atoms with van der Waals surface area (Å²) in [7, 11) is 0. The summed E-state index contributed by atoms with van der Waals surface area (Å²) in [5.74, 6) is 1.43. The van der Waals surface area contributed by atoms with Gasteiger partial charge in [-0.2, -0.15) is 0 Å². The molecule has 0 N–H and O–H groups in total. The first kappa shape index (κ1) is 22.8. The van der Waals surface area contributed by atoms with Crippen molar-refractivity contribution >= 4 is 6.09 Å². The largest absolute Gasteiger partial charge is 0.491 e. The molecule has 168 valence electrons. The van der Waals surface area contributed by atoms with Crippen LogP contribution < -0.4 is 9.47 Å². The molecule has 7 heteroatoms.